The van der Waals surface area contributed by atoms with Gasteiger partial charge in [-0.15, -0.1) is 0 Å². The summed E-state index contributed by atoms with van der Waals surface area (Å²) in [6, 6.07) is 4.99. The molecule has 1 aromatic rings. The summed E-state index contributed by atoms with van der Waals surface area (Å²) in [5.74, 6) is 0.297. The van der Waals surface area contributed by atoms with E-state index in [4.69, 9.17) is 11.6 Å². The first-order valence-electron chi connectivity index (χ1n) is 6.21. The number of halogens is 2. The molecule has 17 heavy (non-hydrogen) atoms. The molecule has 1 nitrogen and oxygen atoms in total. The predicted octanol–water partition coefficient (Wildman–Crippen LogP) is 3.76. The number of likely N-dealkylation sites (N-methyl/N-ethyl adjacent to an activating group) is 1. The third-order valence-corrected chi connectivity index (χ3v) is 4.47. The average molecular weight is 256 g/mol. The zero-order valence-corrected chi connectivity index (χ0v) is 11.1. The van der Waals surface area contributed by atoms with Crippen LogP contribution >= 0.6 is 11.6 Å². The van der Waals surface area contributed by atoms with E-state index in [1.54, 1.807) is 12.1 Å². The van der Waals surface area contributed by atoms with Gasteiger partial charge in [0.25, 0.3) is 0 Å². The minimum atomic E-state index is -0.165. The molecule has 3 heteroatoms. The van der Waals surface area contributed by atoms with E-state index in [2.05, 4.69) is 12.2 Å². The minimum absolute atomic E-state index is 0.142. The largest absolute Gasteiger partial charge is 0.319 e. The minimum Gasteiger partial charge on any atom is -0.319 e. The fourth-order valence-electron chi connectivity index (χ4n) is 3.26. The fraction of sp³-hybridized carbons (Fsp3) is 0.571. The van der Waals surface area contributed by atoms with Crippen molar-refractivity contribution in [3.8, 4) is 0 Å². The molecule has 0 saturated heterocycles. The van der Waals surface area contributed by atoms with Crippen molar-refractivity contribution in [3.63, 3.8) is 0 Å². The molecule has 0 amide bonds. The van der Waals surface area contributed by atoms with Crippen molar-refractivity contribution in [2.75, 3.05) is 13.6 Å². The van der Waals surface area contributed by atoms with E-state index >= 15 is 0 Å². The smallest absolute Gasteiger partial charge is 0.128 e. The van der Waals surface area contributed by atoms with E-state index in [0.717, 1.165) is 25.8 Å². The summed E-state index contributed by atoms with van der Waals surface area (Å²) in [7, 11) is 1.92. The number of nitrogens with one attached hydrogen (secondary N) is 1. The Bertz CT molecular complexity index is 387. The molecule has 2 unspecified atom stereocenters. The van der Waals surface area contributed by atoms with Crippen molar-refractivity contribution < 1.29 is 4.39 Å². The number of hydrogen-bond acceptors (Lipinski definition) is 1. The highest BCUT2D eigenvalue weighted by molar-refractivity contribution is 6.31. The summed E-state index contributed by atoms with van der Waals surface area (Å²) in [6.45, 7) is 2.99. The highest BCUT2D eigenvalue weighted by Gasteiger charge is 2.43. The van der Waals surface area contributed by atoms with Gasteiger partial charge in [0.15, 0.2) is 0 Å². The lowest BCUT2D eigenvalue weighted by Gasteiger charge is -2.35. The zero-order chi connectivity index (χ0) is 12.5. The van der Waals surface area contributed by atoms with Crippen LogP contribution in [-0.4, -0.2) is 13.6 Å². The number of hydrogen-bond donors (Lipinski definition) is 1. The van der Waals surface area contributed by atoms with Gasteiger partial charge in [-0.25, -0.2) is 4.39 Å². The zero-order valence-electron chi connectivity index (χ0n) is 10.4. The molecular weight excluding hydrogens is 237 g/mol. The van der Waals surface area contributed by atoms with Gasteiger partial charge in [-0.3, -0.25) is 0 Å². The van der Waals surface area contributed by atoms with Gasteiger partial charge < -0.3 is 5.32 Å². The average Bonchev–Trinajstić information content (AvgIpc) is 2.61. The second-order valence-corrected chi connectivity index (χ2v) is 5.48. The third kappa shape index (κ3) is 2.09. The molecule has 0 spiro atoms. The van der Waals surface area contributed by atoms with Crippen LogP contribution < -0.4 is 5.32 Å². The van der Waals surface area contributed by atoms with Gasteiger partial charge in [0, 0.05) is 22.5 Å². The molecule has 0 radical (unpaired) electrons. The first-order valence-corrected chi connectivity index (χ1v) is 6.58. The van der Waals surface area contributed by atoms with Crippen LogP contribution in [0.5, 0.6) is 0 Å². The lowest BCUT2D eigenvalue weighted by molar-refractivity contribution is 0.314. The summed E-state index contributed by atoms with van der Waals surface area (Å²) in [5.41, 5.74) is 0.568. The molecule has 0 aliphatic heterocycles. The molecule has 1 aliphatic carbocycles. The van der Waals surface area contributed by atoms with Crippen LogP contribution in [0.3, 0.4) is 0 Å². The van der Waals surface area contributed by atoms with Crippen LogP contribution in [0.1, 0.15) is 31.7 Å². The van der Waals surface area contributed by atoms with Gasteiger partial charge in [-0.2, -0.15) is 0 Å². The molecule has 1 aromatic carbocycles. The summed E-state index contributed by atoms with van der Waals surface area (Å²) in [4.78, 5) is 0. The van der Waals surface area contributed by atoms with Crippen molar-refractivity contribution in [3.05, 3.63) is 34.6 Å². The standard InChI is InChI=1S/C14H19ClFN/c1-10-5-4-8-14(10,9-17-2)13-11(15)6-3-7-12(13)16/h3,6-7,10,17H,4-5,8-9H2,1-2H3. The van der Waals surface area contributed by atoms with Crippen LogP contribution in [0, 0.1) is 11.7 Å². The molecule has 0 heterocycles. The second-order valence-electron chi connectivity index (χ2n) is 5.08. The highest BCUT2D eigenvalue weighted by Crippen LogP contribution is 2.48. The van der Waals surface area contributed by atoms with E-state index in [-0.39, 0.29) is 11.2 Å². The van der Waals surface area contributed by atoms with Crippen LogP contribution in [0.25, 0.3) is 0 Å². The SMILES string of the molecule is CNCC1(c2c(F)cccc2Cl)CCCC1C. The van der Waals surface area contributed by atoms with E-state index < -0.39 is 0 Å². The molecule has 1 N–H and O–H groups in total. The first kappa shape index (κ1) is 12.8. The molecular formula is C14H19ClFN. The van der Waals surface area contributed by atoms with Gasteiger partial charge >= 0.3 is 0 Å². The van der Waals surface area contributed by atoms with Crippen molar-refractivity contribution in [1.29, 1.82) is 0 Å². The van der Waals surface area contributed by atoms with Crippen molar-refractivity contribution in [2.45, 2.75) is 31.6 Å². The number of benzene rings is 1. The molecule has 0 aromatic heterocycles. The van der Waals surface area contributed by atoms with Crippen LogP contribution in [0.2, 0.25) is 5.02 Å². The number of rotatable bonds is 3. The predicted molar refractivity (Wildman–Crippen MR) is 70.0 cm³/mol. The maximum absolute atomic E-state index is 14.1. The Kier molecular flexibility index (Phi) is 3.74. The molecule has 1 fully saturated rings. The highest BCUT2D eigenvalue weighted by atomic mass is 35.5. The quantitative estimate of drug-likeness (QED) is 0.867. The van der Waals surface area contributed by atoms with Crippen LogP contribution in [0.15, 0.2) is 18.2 Å². The lowest BCUT2D eigenvalue weighted by atomic mass is 9.72. The third-order valence-electron chi connectivity index (χ3n) is 4.16. The Balaban J connectivity index is 2.53. The van der Waals surface area contributed by atoms with E-state index in [9.17, 15) is 4.39 Å². The summed E-state index contributed by atoms with van der Waals surface area (Å²) in [5, 5.41) is 3.77. The Labute approximate surface area is 107 Å². The van der Waals surface area contributed by atoms with E-state index in [0.29, 0.717) is 16.5 Å². The maximum atomic E-state index is 14.1. The first-order chi connectivity index (χ1) is 8.12. The van der Waals surface area contributed by atoms with Gasteiger partial charge in [0.05, 0.1) is 0 Å². The summed E-state index contributed by atoms with van der Waals surface area (Å²) in [6.07, 6.45) is 3.30. The topological polar surface area (TPSA) is 12.0 Å². The molecule has 2 atom stereocenters. The molecule has 0 bridgehead atoms. The molecule has 1 aliphatic rings. The van der Waals surface area contributed by atoms with Gasteiger partial charge in [-0.1, -0.05) is 31.0 Å². The Hall–Kier alpha value is -0.600. The Morgan fingerprint density at radius 2 is 2.29 bits per heavy atom. The maximum Gasteiger partial charge on any atom is 0.128 e. The molecule has 1 saturated carbocycles. The summed E-state index contributed by atoms with van der Waals surface area (Å²) >= 11 is 6.23. The van der Waals surface area contributed by atoms with Crippen LogP contribution in [-0.2, 0) is 5.41 Å². The fourth-order valence-corrected chi connectivity index (χ4v) is 3.61. The Morgan fingerprint density at radius 1 is 1.53 bits per heavy atom. The molecule has 94 valence electrons. The van der Waals surface area contributed by atoms with Gasteiger partial charge in [0.1, 0.15) is 5.82 Å². The Morgan fingerprint density at radius 3 is 2.82 bits per heavy atom. The van der Waals surface area contributed by atoms with E-state index in [1.807, 2.05) is 7.05 Å². The summed E-state index contributed by atoms with van der Waals surface area (Å²) < 4.78 is 14.1. The van der Waals surface area contributed by atoms with Gasteiger partial charge in [0.2, 0.25) is 0 Å². The second kappa shape index (κ2) is 4.95. The normalized spacial score (nSPS) is 28.6. The van der Waals surface area contributed by atoms with Crippen molar-refractivity contribution in [2.24, 2.45) is 5.92 Å². The van der Waals surface area contributed by atoms with E-state index in [1.165, 1.54) is 6.07 Å². The van der Waals surface area contributed by atoms with Crippen LogP contribution in [0.4, 0.5) is 4.39 Å². The monoisotopic (exact) mass is 255 g/mol. The van der Waals surface area contributed by atoms with Crippen molar-refractivity contribution >= 4 is 11.6 Å². The van der Waals surface area contributed by atoms with Crippen molar-refractivity contribution in [1.82, 2.24) is 5.32 Å². The van der Waals surface area contributed by atoms with Gasteiger partial charge in [-0.05, 0) is 37.9 Å². The molecule has 2 rings (SSSR count). The lowest BCUT2D eigenvalue weighted by Crippen LogP contribution is -2.40.